The molecular formula is C35H49N15O21P4S4. The van der Waals surface area contributed by atoms with Gasteiger partial charge in [0.15, 0.2) is 53.1 Å². The Labute approximate surface area is 463 Å². The summed E-state index contributed by atoms with van der Waals surface area (Å²) in [6, 6.07) is 0. The average Bonchev–Trinajstić information content (AvgIpc) is 4.40. The van der Waals surface area contributed by atoms with E-state index in [0.717, 1.165) is 19.0 Å². The Hall–Kier alpha value is -3.22. The number of ether oxygens (including phenoxy) is 3. The van der Waals surface area contributed by atoms with E-state index in [1.807, 2.05) is 0 Å². The maximum atomic E-state index is 12.6. The Bertz CT molecular complexity index is 3050. The van der Waals surface area contributed by atoms with E-state index >= 15 is 0 Å². The fourth-order valence-corrected chi connectivity index (χ4v) is 12.4. The summed E-state index contributed by atoms with van der Waals surface area (Å²) in [6.45, 7) is -24.9. The molecule has 6 aromatic rings. The van der Waals surface area contributed by atoms with E-state index in [1.165, 1.54) is 32.7 Å². The number of nitrogens with two attached hydrogens (primary N) is 3. The number of hydrogen-bond donors (Lipinski definition) is 14. The van der Waals surface area contributed by atoms with E-state index < -0.39 is 152 Å². The molecule has 9 heterocycles. The van der Waals surface area contributed by atoms with Crippen LogP contribution in [0, 0.1) is 5.41 Å². The number of anilines is 3. The predicted molar refractivity (Wildman–Crippen MR) is 279 cm³/mol. The van der Waals surface area contributed by atoms with Crippen molar-refractivity contribution in [1.82, 2.24) is 58.6 Å². The highest BCUT2D eigenvalue weighted by atomic mass is 32.7. The molecule has 0 aromatic carbocycles. The first kappa shape index (κ1) is 60.4. The minimum atomic E-state index is -4.78. The molecule has 3 aliphatic rings. The van der Waals surface area contributed by atoms with Crippen LogP contribution in [0.1, 0.15) is 18.7 Å². The van der Waals surface area contributed by atoms with Crippen molar-refractivity contribution in [3.8, 4) is 0 Å². The fourth-order valence-electron chi connectivity index (χ4n) is 8.20. The van der Waals surface area contributed by atoms with Gasteiger partial charge >= 0.3 is 27.0 Å². The highest BCUT2D eigenvalue weighted by molar-refractivity contribution is 8.44. The molecule has 16 N–H and O–H groups in total. The Morgan fingerprint density at radius 1 is 0.481 bits per heavy atom. The summed E-state index contributed by atoms with van der Waals surface area (Å²) in [4.78, 5) is 80.6. The first-order valence-electron chi connectivity index (χ1n) is 22.6. The smallest absolute Gasteiger partial charge is 0.383 e. The minimum absolute atomic E-state index is 0.0235. The molecule has 44 heteroatoms. The van der Waals surface area contributed by atoms with Gasteiger partial charge in [0.2, 0.25) is 0 Å². The molecule has 4 unspecified atom stereocenters. The number of thiol groups is 1. The number of fused-ring (bicyclic) bond motifs is 3. The van der Waals surface area contributed by atoms with E-state index in [1.54, 1.807) is 0 Å². The van der Waals surface area contributed by atoms with Crippen LogP contribution in [0.5, 0.6) is 0 Å². The van der Waals surface area contributed by atoms with Gasteiger partial charge in [0.05, 0.1) is 70.6 Å². The Morgan fingerprint density at radius 2 is 0.759 bits per heavy atom. The molecule has 0 bridgehead atoms. The summed E-state index contributed by atoms with van der Waals surface area (Å²) in [5.41, 5.74) is 16.4. The van der Waals surface area contributed by atoms with Gasteiger partial charge in [0.1, 0.15) is 90.5 Å². The summed E-state index contributed by atoms with van der Waals surface area (Å²) in [5, 5.41) is 65.8. The molecule has 6 aromatic heterocycles. The number of aliphatic hydroxyl groups is 6. The molecule has 3 aliphatic heterocycles. The molecule has 0 aliphatic carbocycles. The van der Waals surface area contributed by atoms with E-state index in [4.69, 9.17) is 98.5 Å². The van der Waals surface area contributed by atoms with Gasteiger partial charge in [-0.05, 0) is 35.4 Å². The molecule has 3 fully saturated rings. The topological polar surface area (TPSA) is 521 Å². The monoisotopic (exact) mass is 1270 g/mol. The fraction of sp³-hybridized carbons (Fsp3) is 0.571. The molecule has 0 amide bonds. The van der Waals surface area contributed by atoms with Crippen LogP contribution in [-0.4, -0.2) is 210 Å². The number of aliphatic hydroxyl groups excluding tert-OH is 6. The molecule has 79 heavy (non-hydrogen) atoms. The first-order valence-corrected chi connectivity index (χ1v) is 33.1. The second kappa shape index (κ2) is 23.8. The number of aromatic nitrogens is 12. The molecule has 9 rings (SSSR count). The molecule has 3 saturated heterocycles. The number of hydrogen-bond acceptors (Lipinski definition) is 32. The standard InChI is InChI=1S/C35H49N15O21P4S4/c36-26-17-29(42-8-39-26)48(11-45-17)32-23(54)20(51)14(69-32)1-62-73(59,77)66-5-35(4-65-72(57,58)76,6-67-74(60,78)63-2-15-21(52)24(55)33(70-15)49-12-46-18-27(37)40-9-43-30(18)49)7-68-75(61,79)64-3-16-22(53)25(56)34(71-16)50-13-47-19-28(38)41-10-44-31(19)50/h8-16,20-25,32-34,51-56H,1-7H2,(H,59,77)(H,60,78)(H,61,79)(H2,36,39,42)(H2,37,40,43)(H2,38,41,44)(H2,57,58,76)/t14-,15-,16-,20-,21-,22-,23-,24-,25-,32-,33-,34-,35?,73?,74?,75?/m1/s1. The van der Waals surface area contributed by atoms with E-state index in [0.29, 0.717) is 0 Å². The lowest BCUT2D eigenvalue weighted by atomic mass is 9.93. The number of imidazole rings is 3. The first-order chi connectivity index (χ1) is 37.2. The summed E-state index contributed by atoms with van der Waals surface area (Å²) in [7, 11) is 0. The Balaban J connectivity index is 0.901. The van der Waals surface area contributed by atoms with Crippen LogP contribution in [0.15, 0.2) is 38.0 Å². The third-order valence-electron chi connectivity index (χ3n) is 12.3. The number of nitrogens with zero attached hydrogens (tertiary/aromatic N) is 12. The van der Waals surface area contributed by atoms with Crippen molar-refractivity contribution in [1.29, 1.82) is 0 Å². The zero-order valence-electron chi connectivity index (χ0n) is 39.9. The molecule has 434 valence electrons. The van der Waals surface area contributed by atoms with Crippen molar-refractivity contribution in [3.05, 3.63) is 38.0 Å². The zero-order chi connectivity index (χ0) is 57.0. The second-order valence-corrected chi connectivity index (χ2v) is 29.0. The summed E-state index contributed by atoms with van der Waals surface area (Å²) < 4.78 is 72.6. The lowest BCUT2D eigenvalue weighted by molar-refractivity contribution is -0.0572. The predicted octanol–water partition coefficient (Wildman–Crippen LogP) is -3.11. The van der Waals surface area contributed by atoms with Gasteiger partial charge in [-0.1, -0.05) is 12.2 Å². The molecule has 0 spiro atoms. The largest absolute Gasteiger partial charge is 0.387 e. The zero-order valence-corrected chi connectivity index (χ0v) is 46.8. The lowest BCUT2D eigenvalue weighted by Gasteiger charge is -2.35. The average molecular weight is 1270 g/mol. The minimum Gasteiger partial charge on any atom is -0.387 e. The van der Waals surface area contributed by atoms with Crippen LogP contribution < -0.4 is 17.2 Å². The normalized spacial score (nSPS) is 30.4. The summed E-state index contributed by atoms with van der Waals surface area (Å²) in [5.74, 6) is 0.0706. The highest BCUT2D eigenvalue weighted by Gasteiger charge is 2.49. The molecule has 0 radical (unpaired) electrons. The third kappa shape index (κ3) is 13.4. The second-order valence-electron chi connectivity index (χ2n) is 17.8. The van der Waals surface area contributed by atoms with Crippen LogP contribution in [0.25, 0.3) is 33.5 Å². The maximum absolute atomic E-state index is 12.6. The van der Waals surface area contributed by atoms with Gasteiger partial charge in [-0.3, -0.25) is 13.7 Å². The van der Waals surface area contributed by atoms with Crippen molar-refractivity contribution in [2.75, 3.05) is 63.4 Å². The van der Waals surface area contributed by atoms with Crippen molar-refractivity contribution in [3.63, 3.8) is 0 Å². The molecular weight excluding hydrogens is 1220 g/mol. The van der Waals surface area contributed by atoms with Gasteiger partial charge in [0, 0.05) is 0 Å². The quantitative estimate of drug-likeness (QED) is 0.0211. The van der Waals surface area contributed by atoms with Crippen LogP contribution in [0.2, 0.25) is 0 Å². The van der Waals surface area contributed by atoms with Crippen molar-refractivity contribution in [2.24, 2.45) is 5.41 Å². The van der Waals surface area contributed by atoms with Gasteiger partial charge in [-0.2, -0.15) is 0 Å². The number of nitrogen functional groups attached to an aromatic ring is 3. The Kier molecular flexibility index (Phi) is 18.2. The van der Waals surface area contributed by atoms with Crippen molar-refractivity contribution < 1.29 is 101 Å². The highest BCUT2D eigenvalue weighted by Crippen LogP contribution is 2.54. The van der Waals surface area contributed by atoms with E-state index in [-0.39, 0.29) is 50.9 Å². The third-order valence-corrected chi connectivity index (χ3v) is 17.8. The Morgan fingerprint density at radius 3 is 1.04 bits per heavy atom. The van der Waals surface area contributed by atoms with Gasteiger partial charge < -0.3 is 113 Å². The van der Waals surface area contributed by atoms with Crippen LogP contribution in [0.3, 0.4) is 0 Å². The van der Waals surface area contributed by atoms with Gasteiger partial charge in [-0.15, -0.1) is 0 Å². The molecule has 16 atom stereocenters. The summed E-state index contributed by atoms with van der Waals surface area (Å²) >= 11 is 19.4. The molecule has 36 nitrogen and oxygen atoms in total. The van der Waals surface area contributed by atoms with Crippen LogP contribution in [-0.2, 0) is 85.9 Å². The van der Waals surface area contributed by atoms with Crippen LogP contribution in [0.4, 0.5) is 17.5 Å². The van der Waals surface area contributed by atoms with Crippen molar-refractivity contribution in [2.45, 2.75) is 73.6 Å². The van der Waals surface area contributed by atoms with Crippen LogP contribution >= 0.6 is 39.2 Å². The van der Waals surface area contributed by atoms with E-state index in [2.05, 4.69) is 57.1 Å². The summed E-state index contributed by atoms with van der Waals surface area (Å²) in [6.07, 6.45) is -10.9. The SMILES string of the molecule is Nc1ncnc2c1ncn2[C@@H]1O[C@H](COP(O)(=S)OCC(COP(=O)(O)S)(COP(O)(=S)OC[C@H]2O[C@@H](n3cnc4c(N)ncnc43)[C@H](O)[C@@H]2O)COP(O)(=S)OC[C@H]2O[C@@H](n3cnc4c(N)ncnc43)[C@H](O)[C@@H]2O)[C@@H](O)[C@H]1O. The van der Waals surface area contributed by atoms with Gasteiger partial charge in [-0.25, -0.2) is 49.4 Å². The van der Waals surface area contributed by atoms with Gasteiger partial charge in [0.25, 0.3) is 0 Å². The van der Waals surface area contributed by atoms with E-state index in [9.17, 15) is 54.8 Å². The number of rotatable bonds is 24. The maximum Gasteiger partial charge on any atom is 0.383 e. The van der Waals surface area contributed by atoms with Crippen molar-refractivity contribution >= 4 is 126 Å². The molecule has 0 saturated carbocycles. The lowest BCUT2D eigenvalue weighted by Crippen LogP contribution is -2.41.